The minimum atomic E-state index is -0.00968. The zero-order chi connectivity index (χ0) is 15.5. The van der Waals surface area contributed by atoms with Crippen LogP contribution in [-0.4, -0.2) is 20.4 Å². The summed E-state index contributed by atoms with van der Waals surface area (Å²) in [7, 11) is 0. The monoisotopic (exact) mass is 294 g/mol. The number of carbonyl (C=O) groups excluding carboxylic acids is 1. The number of carbonyl (C=O) groups is 1. The fraction of sp³-hybridized carbons (Fsp3) is 0.235. The van der Waals surface area contributed by atoms with Gasteiger partial charge in [0.1, 0.15) is 12.1 Å². The maximum atomic E-state index is 11.6. The first kappa shape index (κ1) is 14.3. The maximum absolute atomic E-state index is 11.6. The van der Waals surface area contributed by atoms with Gasteiger partial charge in [0.25, 0.3) is 0 Å². The van der Waals surface area contributed by atoms with Crippen LogP contribution in [0.4, 0.5) is 0 Å². The second-order valence-electron chi connectivity index (χ2n) is 5.50. The Balaban J connectivity index is 1.78. The SMILES string of the molecule is CC(C)C(=O)NCc1ccc(-n2cnc3ccccc32)nc1. The van der Waals surface area contributed by atoms with Crippen molar-refractivity contribution in [3.05, 3.63) is 54.5 Å². The maximum Gasteiger partial charge on any atom is 0.222 e. The van der Waals surface area contributed by atoms with Crippen molar-refractivity contribution in [2.45, 2.75) is 20.4 Å². The molecule has 1 N–H and O–H groups in total. The first-order valence-electron chi connectivity index (χ1n) is 7.30. The lowest BCUT2D eigenvalue weighted by Gasteiger charge is -2.08. The Morgan fingerprint density at radius 3 is 2.73 bits per heavy atom. The Morgan fingerprint density at radius 2 is 2.00 bits per heavy atom. The number of hydrogen-bond donors (Lipinski definition) is 1. The highest BCUT2D eigenvalue weighted by Gasteiger charge is 2.07. The van der Waals surface area contributed by atoms with E-state index in [9.17, 15) is 4.79 Å². The van der Waals surface area contributed by atoms with Crippen LogP contribution >= 0.6 is 0 Å². The van der Waals surface area contributed by atoms with Crippen molar-refractivity contribution >= 4 is 16.9 Å². The third-order valence-corrected chi connectivity index (χ3v) is 3.50. The van der Waals surface area contributed by atoms with Gasteiger partial charge in [-0.3, -0.25) is 9.36 Å². The van der Waals surface area contributed by atoms with Crippen LogP contribution in [-0.2, 0) is 11.3 Å². The molecule has 0 saturated carbocycles. The number of hydrogen-bond acceptors (Lipinski definition) is 3. The quantitative estimate of drug-likeness (QED) is 0.805. The first-order valence-corrected chi connectivity index (χ1v) is 7.30. The summed E-state index contributed by atoms with van der Waals surface area (Å²) in [5.74, 6) is 0.849. The Hall–Kier alpha value is -2.69. The molecule has 0 aliphatic heterocycles. The number of para-hydroxylation sites is 2. The van der Waals surface area contributed by atoms with Gasteiger partial charge in [-0.25, -0.2) is 9.97 Å². The number of aromatic nitrogens is 3. The fourth-order valence-electron chi connectivity index (χ4n) is 2.20. The lowest BCUT2D eigenvalue weighted by Crippen LogP contribution is -2.27. The van der Waals surface area contributed by atoms with Gasteiger partial charge >= 0.3 is 0 Å². The molecule has 0 spiro atoms. The highest BCUT2D eigenvalue weighted by Crippen LogP contribution is 2.16. The smallest absolute Gasteiger partial charge is 0.222 e. The van der Waals surface area contributed by atoms with E-state index in [1.807, 2.05) is 54.8 Å². The van der Waals surface area contributed by atoms with Crippen molar-refractivity contribution in [2.75, 3.05) is 0 Å². The molecule has 2 heterocycles. The molecule has 112 valence electrons. The molecule has 5 heteroatoms. The number of benzene rings is 1. The third kappa shape index (κ3) is 2.83. The van der Waals surface area contributed by atoms with Gasteiger partial charge in [0, 0.05) is 18.7 Å². The van der Waals surface area contributed by atoms with Gasteiger partial charge in [-0.2, -0.15) is 0 Å². The van der Waals surface area contributed by atoms with Gasteiger partial charge in [-0.15, -0.1) is 0 Å². The number of pyridine rings is 1. The van der Waals surface area contributed by atoms with Crippen molar-refractivity contribution in [2.24, 2.45) is 5.92 Å². The molecule has 2 aromatic heterocycles. The summed E-state index contributed by atoms with van der Waals surface area (Å²) in [6.45, 7) is 4.25. The van der Waals surface area contributed by atoms with Crippen molar-refractivity contribution in [3.63, 3.8) is 0 Å². The average Bonchev–Trinajstić information content (AvgIpc) is 2.97. The van der Waals surface area contributed by atoms with E-state index < -0.39 is 0 Å². The van der Waals surface area contributed by atoms with Crippen LogP contribution in [0.5, 0.6) is 0 Å². The Kier molecular flexibility index (Phi) is 3.87. The van der Waals surface area contributed by atoms with E-state index in [0.29, 0.717) is 6.54 Å². The summed E-state index contributed by atoms with van der Waals surface area (Å²) >= 11 is 0. The molecular weight excluding hydrogens is 276 g/mol. The lowest BCUT2D eigenvalue weighted by atomic mass is 10.2. The molecule has 1 aromatic carbocycles. The van der Waals surface area contributed by atoms with E-state index in [1.54, 1.807) is 12.5 Å². The highest BCUT2D eigenvalue weighted by molar-refractivity contribution is 5.78. The van der Waals surface area contributed by atoms with Crippen molar-refractivity contribution in [1.82, 2.24) is 19.9 Å². The second-order valence-corrected chi connectivity index (χ2v) is 5.50. The van der Waals surface area contributed by atoms with Crippen LogP contribution in [0.15, 0.2) is 48.9 Å². The molecule has 3 aromatic rings. The molecule has 0 saturated heterocycles. The zero-order valence-corrected chi connectivity index (χ0v) is 12.7. The summed E-state index contributed by atoms with van der Waals surface area (Å²) in [4.78, 5) is 20.4. The van der Waals surface area contributed by atoms with Crippen LogP contribution in [0.25, 0.3) is 16.9 Å². The van der Waals surface area contributed by atoms with Gasteiger partial charge in [-0.05, 0) is 23.8 Å². The average molecular weight is 294 g/mol. The topological polar surface area (TPSA) is 59.8 Å². The molecular formula is C17H18N4O. The van der Waals surface area contributed by atoms with E-state index >= 15 is 0 Å². The fourth-order valence-corrected chi connectivity index (χ4v) is 2.20. The molecule has 5 nitrogen and oxygen atoms in total. The van der Waals surface area contributed by atoms with Crippen molar-refractivity contribution < 1.29 is 4.79 Å². The molecule has 0 atom stereocenters. The van der Waals surface area contributed by atoms with Crippen LogP contribution in [0.1, 0.15) is 19.4 Å². The summed E-state index contributed by atoms with van der Waals surface area (Å²) in [5, 5.41) is 2.88. The third-order valence-electron chi connectivity index (χ3n) is 3.50. The van der Waals surface area contributed by atoms with E-state index in [1.165, 1.54) is 0 Å². The van der Waals surface area contributed by atoms with Crippen molar-refractivity contribution in [3.8, 4) is 5.82 Å². The van der Waals surface area contributed by atoms with E-state index in [4.69, 9.17) is 0 Å². The van der Waals surface area contributed by atoms with E-state index in [2.05, 4.69) is 15.3 Å². The molecule has 0 unspecified atom stereocenters. The first-order chi connectivity index (χ1) is 10.6. The largest absolute Gasteiger partial charge is 0.352 e. The van der Waals surface area contributed by atoms with Crippen LogP contribution < -0.4 is 5.32 Å². The van der Waals surface area contributed by atoms with E-state index in [0.717, 1.165) is 22.4 Å². The van der Waals surface area contributed by atoms with Gasteiger partial charge in [0.2, 0.25) is 5.91 Å². The van der Waals surface area contributed by atoms with E-state index in [-0.39, 0.29) is 11.8 Å². The minimum absolute atomic E-state index is 0.00968. The Bertz CT molecular complexity index is 790. The summed E-state index contributed by atoms with van der Waals surface area (Å²) in [6, 6.07) is 11.8. The number of fused-ring (bicyclic) bond motifs is 1. The Morgan fingerprint density at radius 1 is 1.18 bits per heavy atom. The zero-order valence-electron chi connectivity index (χ0n) is 12.7. The van der Waals surface area contributed by atoms with Crippen LogP contribution in [0.3, 0.4) is 0 Å². The molecule has 0 bridgehead atoms. The molecule has 0 aliphatic rings. The van der Waals surface area contributed by atoms with Gasteiger partial charge in [0.15, 0.2) is 0 Å². The molecule has 0 aliphatic carbocycles. The van der Waals surface area contributed by atoms with Gasteiger partial charge in [-0.1, -0.05) is 32.0 Å². The number of nitrogens with one attached hydrogen (secondary N) is 1. The number of amides is 1. The standard InChI is InChI=1S/C17H18N4O/c1-12(2)17(22)19-10-13-7-8-16(18-9-13)21-11-20-14-5-3-4-6-15(14)21/h3-9,11-12H,10H2,1-2H3,(H,19,22). The molecule has 0 radical (unpaired) electrons. The van der Waals surface area contributed by atoms with Crippen molar-refractivity contribution in [1.29, 1.82) is 0 Å². The number of nitrogens with zero attached hydrogens (tertiary/aromatic N) is 3. The minimum Gasteiger partial charge on any atom is -0.352 e. The van der Waals surface area contributed by atoms with Gasteiger partial charge in [0.05, 0.1) is 11.0 Å². The van der Waals surface area contributed by atoms with Crippen LogP contribution in [0, 0.1) is 5.92 Å². The second kappa shape index (κ2) is 5.97. The summed E-state index contributed by atoms with van der Waals surface area (Å²) < 4.78 is 1.95. The highest BCUT2D eigenvalue weighted by atomic mass is 16.1. The molecule has 22 heavy (non-hydrogen) atoms. The number of imidazole rings is 1. The molecule has 0 fully saturated rings. The Labute approximate surface area is 129 Å². The van der Waals surface area contributed by atoms with Gasteiger partial charge < -0.3 is 5.32 Å². The van der Waals surface area contributed by atoms with Crippen LogP contribution in [0.2, 0.25) is 0 Å². The molecule has 3 rings (SSSR count). The summed E-state index contributed by atoms with van der Waals surface area (Å²) in [5.41, 5.74) is 2.94. The molecule has 1 amide bonds. The predicted molar refractivity (Wildman–Crippen MR) is 85.5 cm³/mol. The normalized spacial score (nSPS) is 11.0. The predicted octanol–water partition coefficient (Wildman–Crippen LogP) is 2.69. The number of rotatable bonds is 4. The lowest BCUT2D eigenvalue weighted by molar-refractivity contribution is -0.124. The summed E-state index contributed by atoms with van der Waals surface area (Å²) in [6.07, 6.45) is 3.55.